The van der Waals surface area contributed by atoms with Crippen molar-refractivity contribution < 1.29 is 0 Å². The van der Waals surface area contributed by atoms with Crippen LogP contribution in [0.1, 0.15) is 40.5 Å². The third kappa shape index (κ3) is 4.58. The Balaban J connectivity index is 2.30. The van der Waals surface area contributed by atoms with Crippen molar-refractivity contribution in [2.24, 2.45) is 11.7 Å². The lowest BCUT2D eigenvalue weighted by Crippen LogP contribution is -2.39. The van der Waals surface area contributed by atoms with E-state index in [2.05, 4.69) is 51.2 Å². The molecule has 1 saturated heterocycles. The Labute approximate surface area is 103 Å². The van der Waals surface area contributed by atoms with Gasteiger partial charge in [-0.25, -0.2) is 0 Å². The molecule has 0 amide bonds. The highest BCUT2D eigenvalue weighted by molar-refractivity contribution is 8.07. The molecule has 1 fully saturated rings. The third-order valence-corrected chi connectivity index (χ3v) is 6.70. The molecule has 0 aromatic rings. The maximum atomic E-state index is 6.27. The molecule has 4 unspecified atom stereocenters. The van der Waals surface area contributed by atoms with Crippen molar-refractivity contribution in [3.63, 3.8) is 0 Å². The van der Waals surface area contributed by atoms with Crippen LogP contribution in [0.15, 0.2) is 0 Å². The highest BCUT2D eigenvalue weighted by atomic mass is 32.2. The van der Waals surface area contributed by atoms with Gasteiger partial charge in [0.25, 0.3) is 0 Å². The molecule has 0 aliphatic carbocycles. The number of hydrogen-bond donors (Lipinski definition) is 1. The first-order valence-corrected chi connectivity index (χ1v) is 8.02. The van der Waals surface area contributed by atoms with Crippen LogP contribution >= 0.6 is 23.5 Å². The summed E-state index contributed by atoms with van der Waals surface area (Å²) in [5.41, 5.74) is 6.27. The van der Waals surface area contributed by atoms with Crippen LogP contribution in [0, 0.1) is 5.92 Å². The molecule has 1 heterocycles. The second-order valence-corrected chi connectivity index (χ2v) is 8.08. The first kappa shape index (κ1) is 13.7. The van der Waals surface area contributed by atoms with Gasteiger partial charge in [-0.05, 0) is 18.8 Å². The molecule has 1 aliphatic heterocycles. The van der Waals surface area contributed by atoms with Gasteiger partial charge in [0, 0.05) is 27.5 Å². The van der Waals surface area contributed by atoms with Crippen LogP contribution < -0.4 is 5.73 Å². The Morgan fingerprint density at radius 2 is 1.87 bits per heavy atom. The molecule has 15 heavy (non-hydrogen) atoms. The van der Waals surface area contributed by atoms with Crippen molar-refractivity contribution in [2.75, 3.05) is 5.75 Å². The minimum Gasteiger partial charge on any atom is -0.327 e. The van der Waals surface area contributed by atoms with Crippen LogP contribution in [0.4, 0.5) is 0 Å². The van der Waals surface area contributed by atoms with Crippen LogP contribution in [0.3, 0.4) is 0 Å². The van der Waals surface area contributed by atoms with Crippen molar-refractivity contribution in [1.82, 2.24) is 0 Å². The summed E-state index contributed by atoms with van der Waals surface area (Å²) in [7, 11) is 0. The van der Waals surface area contributed by atoms with Gasteiger partial charge < -0.3 is 5.73 Å². The predicted molar refractivity (Wildman–Crippen MR) is 74.8 cm³/mol. The molecule has 1 nitrogen and oxygen atoms in total. The fraction of sp³-hybridized carbons (Fsp3) is 1.00. The Morgan fingerprint density at radius 1 is 1.20 bits per heavy atom. The Morgan fingerprint density at radius 3 is 2.40 bits per heavy atom. The van der Waals surface area contributed by atoms with Gasteiger partial charge >= 0.3 is 0 Å². The molecule has 0 bridgehead atoms. The van der Waals surface area contributed by atoms with Crippen LogP contribution in [0.25, 0.3) is 0 Å². The number of hydrogen-bond acceptors (Lipinski definition) is 3. The molecule has 0 spiro atoms. The van der Waals surface area contributed by atoms with Gasteiger partial charge in [0.1, 0.15) is 0 Å². The molecular weight excluding hydrogens is 222 g/mol. The summed E-state index contributed by atoms with van der Waals surface area (Å²) in [6, 6.07) is 0.403. The molecule has 1 rings (SSSR count). The molecule has 0 aromatic carbocycles. The summed E-state index contributed by atoms with van der Waals surface area (Å²) in [6.07, 6.45) is 2.46. The fourth-order valence-electron chi connectivity index (χ4n) is 1.74. The highest BCUT2D eigenvalue weighted by Crippen LogP contribution is 2.37. The average molecular weight is 247 g/mol. The van der Waals surface area contributed by atoms with E-state index in [1.165, 1.54) is 18.6 Å². The zero-order chi connectivity index (χ0) is 11.4. The first-order valence-electron chi connectivity index (χ1n) is 6.03. The number of thioether (sulfide) groups is 2. The lowest BCUT2D eigenvalue weighted by atomic mass is 10.0. The average Bonchev–Trinajstić information content (AvgIpc) is 2.18. The van der Waals surface area contributed by atoms with E-state index < -0.39 is 0 Å². The Bertz CT molecular complexity index is 184. The van der Waals surface area contributed by atoms with E-state index in [0.29, 0.717) is 11.3 Å². The number of nitrogens with two attached hydrogens (primary N) is 1. The van der Waals surface area contributed by atoms with E-state index >= 15 is 0 Å². The smallest absolute Gasteiger partial charge is 0.0292 e. The maximum absolute atomic E-state index is 6.27. The van der Waals surface area contributed by atoms with Gasteiger partial charge in [-0.15, -0.1) is 0 Å². The molecule has 2 N–H and O–H groups in total. The summed E-state index contributed by atoms with van der Waals surface area (Å²) >= 11 is 4.20. The van der Waals surface area contributed by atoms with Crippen molar-refractivity contribution in [2.45, 2.75) is 62.3 Å². The van der Waals surface area contributed by atoms with Gasteiger partial charge in [-0.1, -0.05) is 27.7 Å². The molecule has 1 aliphatic rings. The molecule has 3 heteroatoms. The molecule has 0 saturated carbocycles. The third-order valence-electron chi connectivity index (χ3n) is 3.13. The Hall–Kier alpha value is 0.660. The molecule has 4 atom stereocenters. The maximum Gasteiger partial charge on any atom is 0.0292 e. The minimum absolute atomic E-state index is 0.403. The SMILES string of the molecule is CC(C)CCC(N)C1CSC(C)C(C)S1. The van der Waals surface area contributed by atoms with Crippen molar-refractivity contribution in [3.05, 3.63) is 0 Å². The summed E-state index contributed by atoms with van der Waals surface area (Å²) in [4.78, 5) is 0. The van der Waals surface area contributed by atoms with Crippen molar-refractivity contribution in [1.29, 1.82) is 0 Å². The van der Waals surface area contributed by atoms with Crippen molar-refractivity contribution in [3.8, 4) is 0 Å². The van der Waals surface area contributed by atoms with E-state index in [4.69, 9.17) is 5.73 Å². The molecular formula is C12H25NS2. The van der Waals surface area contributed by atoms with E-state index in [-0.39, 0.29) is 0 Å². The van der Waals surface area contributed by atoms with Gasteiger partial charge in [0.05, 0.1) is 0 Å². The molecule has 0 aromatic heterocycles. The first-order chi connectivity index (χ1) is 7.00. The summed E-state index contributed by atoms with van der Waals surface area (Å²) in [5.74, 6) is 2.03. The van der Waals surface area contributed by atoms with Gasteiger partial charge in [-0.2, -0.15) is 23.5 Å². The van der Waals surface area contributed by atoms with Crippen LogP contribution in [0.5, 0.6) is 0 Å². The van der Waals surface area contributed by atoms with E-state index in [1.807, 2.05) is 0 Å². The van der Waals surface area contributed by atoms with E-state index in [0.717, 1.165) is 16.4 Å². The minimum atomic E-state index is 0.403. The summed E-state index contributed by atoms with van der Waals surface area (Å²) in [5, 5.41) is 2.24. The Kier molecular flexibility index (Phi) is 5.86. The molecule has 90 valence electrons. The lowest BCUT2D eigenvalue weighted by Gasteiger charge is -2.34. The normalized spacial score (nSPS) is 34.4. The van der Waals surface area contributed by atoms with Gasteiger partial charge in [-0.3, -0.25) is 0 Å². The zero-order valence-corrected chi connectivity index (χ0v) is 12.0. The van der Waals surface area contributed by atoms with Crippen LogP contribution in [0.2, 0.25) is 0 Å². The van der Waals surface area contributed by atoms with E-state index in [1.54, 1.807) is 0 Å². The zero-order valence-electron chi connectivity index (χ0n) is 10.4. The quantitative estimate of drug-likeness (QED) is 0.825. The lowest BCUT2D eigenvalue weighted by molar-refractivity contribution is 0.494. The topological polar surface area (TPSA) is 26.0 Å². The number of rotatable bonds is 4. The summed E-state index contributed by atoms with van der Waals surface area (Å²) in [6.45, 7) is 9.22. The largest absolute Gasteiger partial charge is 0.327 e. The van der Waals surface area contributed by atoms with Crippen LogP contribution in [-0.4, -0.2) is 27.5 Å². The van der Waals surface area contributed by atoms with Crippen molar-refractivity contribution >= 4 is 23.5 Å². The second-order valence-electron chi connectivity index (χ2n) is 5.05. The molecule has 0 radical (unpaired) electrons. The van der Waals surface area contributed by atoms with Gasteiger partial charge in [0.15, 0.2) is 0 Å². The second kappa shape index (κ2) is 6.41. The standard InChI is InChI=1S/C12H25NS2/c1-8(2)5-6-11(13)12-7-14-9(3)10(4)15-12/h8-12H,5-7,13H2,1-4H3. The predicted octanol–water partition coefficient (Wildman–Crippen LogP) is 3.38. The van der Waals surface area contributed by atoms with Crippen LogP contribution in [-0.2, 0) is 0 Å². The highest BCUT2D eigenvalue weighted by Gasteiger charge is 2.29. The monoisotopic (exact) mass is 247 g/mol. The van der Waals surface area contributed by atoms with E-state index in [9.17, 15) is 0 Å². The van der Waals surface area contributed by atoms with Gasteiger partial charge in [0.2, 0.25) is 0 Å². The fourth-order valence-corrected chi connectivity index (χ4v) is 4.84. The summed E-state index contributed by atoms with van der Waals surface area (Å²) < 4.78 is 0.